The van der Waals surface area contributed by atoms with Crippen molar-refractivity contribution in [1.29, 1.82) is 0 Å². The van der Waals surface area contributed by atoms with Crippen molar-refractivity contribution < 1.29 is 4.42 Å². The number of nitrogens with one attached hydrogen (secondary N) is 2. The lowest BCUT2D eigenvalue weighted by Gasteiger charge is -2.31. The fourth-order valence-electron chi connectivity index (χ4n) is 3.48. The molecule has 1 aliphatic rings. The first-order valence-corrected chi connectivity index (χ1v) is 10.4. The molecule has 160 valence electrons. The van der Waals surface area contributed by atoms with Crippen LogP contribution in [0, 0.1) is 19.8 Å². The normalized spacial score (nSPS) is 15.8. The average molecular weight is 511 g/mol. The van der Waals surface area contributed by atoms with Gasteiger partial charge in [-0.2, -0.15) is 0 Å². The van der Waals surface area contributed by atoms with Crippen molar-refractivity contribution in [3.05, 3.63) is 53.2 Å². The molecular formula is C22H34IN5O. The summed E-state index contributed by atoms with van der Waals surface area (Å²) in [5.74, 6) is 3.35. The van der Waals surface area contributed by atoms with Gasteiger partial charge >= 0.3 is 0 Å². The van der Waals surface area contributed by atoms with E-state index in [9.17, 15) is 0 Å². The van der Waals surface area contributed by atoms with Crippen molar-refractivity contribution in [3.63, 3.8) is 0 Å². The molecule has 0 unspecified atom stereocenters. The molecule has 1 aliphatic heterocycles. The van der Waals surface area contributed by atoms with Gasteiger partial charge in [0.05, 0.1) is 18.8 Å². The number of piperidine rings is 1. The molecule has 7 heteroatoms. The van der Waals surface area contributed by atoms with E-state index < -0.39 is 0 Å². The predicted octanol–water partition coefficient (Wildman–Crippen LogP) is 3.88. The molecule has 0 spiro atoms. The summed E-state index contributed by atoms with van der Waals surface area (Å²) in [6.45, 7) is 11.6. The SMILES string of the molecule is CCNC(=NCc1ccccc1)NCC1CCN(Cc2nc(C)c(C)o2)CC1.I. The number of rotatable bonds is 7. The topological polar surface area (TPSA) is 65.7 Å². The zero-order valence-corrected chi connectivity index (χ0v) is 20.1. The van der Waals surface area contributed by atoms with E-state index in [-0.39, 0.29) is 24.0 Å². The molecular weight excluding hydrogens is 477 g/mol. The number of aryl methyl sites for hydroxylation is 2. The Hall–Kier alpha value is -1.61. The molecule has 29 heavy (non-hydrogen) atoms. The first kappa shape index (κ1) is 23.7. The van der Waals surface area contributed by atoms with Crippen LogP contribution in [0.5, 0.6) is 0 Å². The summed E-state index contributed by atoms with van der Waals surface area (Å²) >= 11 is 0. The maximum Gasteiger partial charge on any atom is 0.208 e. The summed E-state index contributed by atoms with van der Waals surface area (Å²) in [5, 5.41) is 6.87. The molecule has 2 aromatic rings. The number of hydrogen-bond donors (Lipinski definition) is 2. The number of aromatic nitrogens is 1. The van der Waals surface area contributed by atoms with Crippen LogP contribution in [0.1, 0.15) is 42.7 Å². The Morgan fingerprint density at radius 2 is 1.90 bits per heavy atom. The van der Waals surface area contributed by atoms with Gasteiger partial charge in [0, 0.05) is 13.1 Å². The molecule has 2 N–H and O–H groups in total. The number of benzene rings is 1. The minimum absolute atomic E-state index is 0. The monoisotopic (exact) mass is 511 g/mol. The highest BCUT2D eigenvalue weighted by Crippen LogP contribution is 2.19. The van der Waals surface area contributed by atoms with Crippen LogP contribution in [0.25, 0.3) is 0 Å². The minimum Gasteiger partial charge on any atom is -0.444 e. The minimum atomic E-state index is 0. The van der Waals surface area contributed by atoms with E-state index in [0.717, 1.165) is 56.0 Å². The molecule has 0 bridgehead atoms. The van der Waals surface area contributed by atoms with Crippen LogP contribution in [0.15, 0.2) is 39.7 Å². The Labute approximate surface area is 191 Å². The first-order chi connectivity index (χ1) is 13.6. The molecule has 1 aromatic heterocycles. The summed E-state index contributed by atoms with van der Waals surface area (Å²) in [6.07, 6.45) is 2.37. The van der Waals surface area contributed by atoms with Gasteiger partial charge in [-0.3, -0.25) is 4.90 Å². The van der Waals surface area contributed by atoms with Crippen molar-refractivity contribution in [2.45, 2.75) is 46.7 Å². The maximum absolute atomic E-state index is 5.72. The zero-order valence-electron chi connectivity index (χ0n) is 17.8. The van der Waals surface area contributed by atoms with Gasteiger partial charge in [0.2, 0.25) is 5.89 Å². The molecule has 0 saturated carbocycles. The summed E-state index contributed by atoms with van der Waals surface area (Å²) < 4.78 is 5.72. The van der Waals surface area contributed by atoms with Crippen LogP contribution < -0.4 is 10.6 Å². The summed E-state index contributed by atoms with van der Waals surface area (Å²) in [7, 11) is 0. The van der Waals surface area contributed by atoms with Gasteiger partial charge in [-0.15, -0.1) is 24.0 Å². The Kier molecular flexibility index (Phi) is 9.93. The van der Waals surface area contributed by atoms with Gasteiger partial charge in [-0.05, 0) is 58.2 Å². The van der Waals surface area contributed by atoms with E-state index >= 15 is 0 Å². The quantitative estimate of drug-likeness (QED) is 0.336. The summed E-state index contributed by atoms with van der Waals surface area (Å²) in [4.78, 5) is 11.7. The van der Waals surface area contributed by atoms with Crippen LogP contribution in [0.4, 0.5) is 0 Å². The first-order valence-electron chi connectivity index (χ1n) is 10.4. The van der Waals surface area contributed by atoms with Crippen LogP contribution in [0.3, 0.4) is 0 Å². The highest BCUT2D eigenvalue weighted by molar-refractivity contribution is 14.0. The Bertz CT molecular complexity index is 734. The third-order valence-electron chi connectivity index (χ3n) is 5.30. The second-order valence-electron chi connectivity index (χ2n) is 7.53. The lowest BCUT2D eigenvalue weighted by atomic mass is 9.97. The van der Waals surface area contributed by atoms with E-state index in [2.05, 4.69) is 51.7 Å². The van der Waals surface area contributed by atoms with Gasteiger partial charge in [0.15, 0.2) is 5.96 Å². The highest BCUT2D eigenvalue weighted by Gasteiger charge is 2.21. The smallest absolute Gasteiger partial charge is 0.208 e. The van der Waals surface area contributed by atoms with Crippen molar-refractivity contribution in [2.24, 2.45) is 10.9 Å². The third-order valence-corrected chi connectivity index (χ3v) is 5.30. The van der Waals surface area contributed by atoms with Crippen molar-refractivity contribution in [1.82, 2.24) is 20.5 Å². The van der Waals surface area contributed by atoms with E-state index in [4.69, 9.17) is 9.41 Å². The van der Waals surface area contributed by atoms with Gasteiger partial charge in [-0.1, -0.05) is 30.3 Å². The number of hydrogen-bond acceptors (Lipinski definition) is 4. The van der Waals surface area contributed by atoms with Crippen LogP contribution in [-0.2, 0) is 13.1 Å². The summed E-state index contributed by atoms with van der Waals surface area (Å²) in [5.41, 5.74) is 2.23. The Morgan fingerprint density at radius 1 is 1.17 bits per heavy atom. The van der Waals surface area contributed by atoms with E-state index in [1.807, 2.05) is 19.9 Å². The van der Waals surface area contributed by atoms with Gasteiger partial charge in [0.1, 0.15) is 5.76 Å². The molecule has 0 atom stereocenters. The molecule has 6 nitrogen and oxygen atoms in total. The molecule has 3 rings (SSSR count). The molecule has 0 amide bonds. The maximum atomic E-state index is 5.72. The molecule has 0 aliphatic carbocycles. The third kappa shape index (κ3) is 7.62. The molecule has 2 heterocycles. The van der Waals surface area contributed by atoms with Crippen LogP contribution in [-0.4, -0.2) is 42.0 Å². The molecule has 1 fully saturated rings. The number of likely N-dealkylation sites (tertiary alicyclic amines) is 1. The van der Waals surface area contributed by atoms with Crippen molar-refractivity contribution >= 4 is 29.9 Å². The van der Waals surface area contributed by atoms with Crippen LogP contribution >= 0.6 is 24.0 Å². The Balaban J connectivity index is 0.00000300. The Morgan fingerprint density at radius 3 is 2.52 bits per heavy atom. The number of aliphatic imine (C=N–C) groups is 1. The van der Waals surface area contributed by atoms with Gasteiger partial charge in [-0.25, -0.2) is 9.98 Å². The predicted molar refractivity (Wildman–Crippen MR) is 129 cm³/mol. The lowest BCUT2D eigenvalue weighted by Crippen LogP contribution is -2.42. The second kappa shape index (κ2) is 12.2. The fraction of sp³-hybridized carbons (Fsp3) is 0.545. The van der Waals surface area contributed by atoms with Crippen LogP contribution in [0.2, 0.25) is 0 Å². The standard InChI is InChI=1S/C22H33N5O.HI/c1-4-23-22(24-14-19-8-6-5-7-9-19)25-15-20-10-12-27(13-11-20)16-21-26-17(2)18(3)28-21;/h5-9,20H,4,10-16H2,1-3H3,(H2,23,24,25);1H. The summed E-state index contributed by atoms with van der Waals surface area (Å²) in [6, 6.07) is 10.4. The van der Waals surface area contributed by atoms with Gasteiger partial charge in [0.25, 0.3) is 0 Å². The highest BCUT2D eigenvalue weighted by atomic mass is 127. The van der Waals surface area contributed by atoms with E-state index in [0.29, 0.717) is 12.5 Å². The lowest BCUT2D eigenvalue weighted by molar-refractivity contribution is 0.164. The van der Waals surface area contributed by atoms with Crippen molar-refractivity contribution in [3.8, 4) is 0 Å². The zero-order chi connectivity index (χ0) is 19.8. The number of nitrogens with zero attached hydrogens (tertiary/aromatic N) is 3. The fourth-order valence-corrected chi connectivity index (χ4v) is 3.48. The van der Waals surface area contributed by atoms with Gasteiger partial charge < -0.3 is 15.1 Å². The van der Waals surface area contributed by atoms with E-state index in [1.165, 1.54) is 18.4 Å². The van der Waals surface area contributed by atoms with Crippen molar-refractivity contribution in [2.75, 3.05) is 26.2 Å². The average Bonchev–Trinajstić information content (AvgIpc) is 3.03. The molecule has 1 aromatic carbocycles. The molecule has 1 saturated heterocycles. The van der Waals surface area contributed by atoms with E-state index in [1.54, 1.807) is 0 Å². The number of guanidine groups is 1. The largest absolute Gasteiger partial charge is 0.444 e. The number of oxazole rings is 1. The number of halogens is 1. The molecule has 0 radical (unpaired) electrons. The second-order valence-corrected chi connectivity index (χ2v) is 7.53.